The summed E-state index contributed by atoms with van der Waals surface area (Å²) in [6.07, 6.45) is 2.31. The number of thioether (sulfide) groups is 1. The number of nitrogens with zero attached hydrogens (tertiary/aromatic N) is 2. The molecule has 10 heteroatoms. The predicted molar refractivity (Wildman–Crippen MR) is 163 cm³/mol. The Bertz CT molecular complexity index is 1650. The first-order valence-corrected chi connectivity index (χ1v) is 14.1. The third-order valence-electron chi connectivity index (χ3n) is 6.61. The monoisotopic (exact) mass is 578 g/mol. The van der Waals surface area contributed by atoms with Crippen molar-refractivity contribution in [2.45, 2.75) is 11.3 Å². The third kappa shape index (κ3) is 6.91. The van der Waals surface area contributed by atoms with Crippen LogP contribution in [0.15, 0.2) is 114 Å². The number of rotatable bonds is 9. The molecule has 1 heterocycles. The standard InChI is InChI=1S/C32H26N4O5S/c37-30(35-19-18-23-6-4-5-9-29(23)35)21-42-27-16-12-25(13-17-27)33-32(39)28(34-31(38)24-7-2-1-3-8-24)20-22-10-14-26(15-11-22)36(40)41/h1-17,20H,18-19,21H2,(H,33,39)(H,34,38)/b28-20-. The van der Waals surface area contributed by atoms with Crippen molar-refractivity contribution in [1.29, 1.82) is 0 Å². The van der Waals surface area contributed by atoms with Gasteiger partial charge in [0.15, 0.2) is 0 Å². The minimum absolute atomic E-state index is 0.0346. The number of hydrogen-bond acceptors (Lipinski definition) is 6. The van der Waals surface area contributed by atoms with Crippen molar-refractivity contribution in [2.75, 3.05) is 22.5 Å². The lowest BCUT2D eigenvalue weighted by atomic mass is 10.1. The molecule has 0 unspecified atom stereocenters. The van der Waals surface area contributed by atoms with Crippen molar-refractivity contribution in [2.24, 2.45) is 0 Å². The van der Waals surface area contributed by atoms with Gasteiger partial charge in [-0.2, -0.15) is 0 Å². The van der Waals surface area contributed by atoms with Crippen LogP contribution in [-0.4, -0.2) is 34.9 Å². The van der Waals surface area contributed by atoms with E-state index in [1.165, 1.54) is 47.7 Å². The molecule has 0 spiro atoms. The number of nitro groups is 1. The summed E-state index contributed by atoms with van der Waals surface area (Å²) >= 11 is 1.41. The molecule has 0 saturated carbocycles. The first-order valence-electron chi connectivity index (χ1n) is 13.1. The average molecular weight is 579 g/mol. The molecule has 0 atom stereocenters. The second kappa shape index (κ2) is 13.0. The maximum absolute atomic E-state index is 13.2. The Kier molecular flexibility index (Phi) is 8.74. The minimum Gasteiger partial charge on any atom is -0.321 e. The summed E-state index contributed by atoms with van der Waals surface area (Å²) < 4.78 is 0. The molecule has 3 amide bonds. The van der Waals surface area contributed by atoms with Crippen molar-refractivity contribution < 1.29 is 19.3 Å². The van der Waals surface area contributed by atoms with Crippen LogP contribution in [0.2, 0.25) is 0 Å². The zero-order valence-electron chi connectivity index (χ0n) is 22.4. The van der Waals surface area contributed by atoms with Gasteiger partial charge in [0.25, 0.3) is 17.5 Å². The zero-order chi connectivity index (χ0) is 29.5. The molecule has 0 fully saturated rings. The maximum atomic E-state index is 13.2. The van der Waals surface area contributed by atoms with Gasteiger partial charge in [-0.1, -0.05) is 36.4 Å². The van der Waals surface area contributed by atoms with Gasteiger partial charge in [0.1, 0.15) is 5.70 Å². The summed E-state index contributed by atoms with van der Waals surface area (Å²) in [5.74, 6) is -0.720. The van der Waals surface area contributed by atoms with E-state index in [2.05, 4.69) is 10.6 Å². The highest BCUT2D eigenvalue weighted by atomic mass is 32.2. The van der Waals surface area contributed by atoms with Gasteiger partial charge in [0, 0.05) is 40.5 Å². The van der Waals surface area contributed by atoms with Crippen molar-refractivity contribution in [3.63, 3.8) is 0 Å². The van der Waals surface area contributed by atoms with Crippen LogP contribution >= 0.6 is 11.8 Å². The number of nitrogens with one attached hydrogen (secondary N) is 2. The summed E-state index contributed by atoms with van der Waals surface area (Å²) in [6.45, 7) is 0.681. The molecule has 0 aliphatic carbocycles. The number of amides is 3. The molecular formula is C32H26N4O5S. The molecule has 210 valence electrons. The molecule has 0 aromatic heterocycles. The van der Waals surface area contributed by atoms with Crippen molar-refractivity contribution >= 4 is 52.6 Å². The lowest BCUT2D eigenvalue weighted by Crippen LogP contribution is -2.30. The Morgan fingerprint density at radius 2 is 1.57 bits per heavy atom. The summed E-state index contributed by atoms with van der Waals surface area (Å²) in [4.78, 5) is 52.1. The van der Waals surface area contributed by atoms with Crippen LogP contribution in [-0.2, 0) is 16.0 Å². The number of anilines is 2. The SMILES string of the molecule is O=C(Nc1ccc(SCC(=O)N2CCc3ccccc32)cc1)/C(=C/c1ccc([N+](=O)[O-])cc1)NC(=O)c1ccccc1. The van der Waals surface area contributed by atoms with Gasteiger partial charge in [0.05, 0.1) is 10.7 Å². The van der Waals surface area contributed by atoms with Gasteiger partial charge in [-0.15, -0.1) is 11.8 Å². The molecule has 0 saturated heterocycles. The van der Waals surface area contributed by atoms with E-state index in [9.17, 15) is 24.5 Å². The molecule has 1 aliphatic heterocycles. The highest BCUT2D eigenvalue weighted by Crippen LogP contribution is 2.29. The Labute approximate surface area is 246 Å². The Balaban J connectivity index is 1.25. The van der Waals surface area contributed by atoms with Gasteiger partial charge in [-0.05, 0) is 78.2 Å². The van der Waals surface area contributed by atoms with Crippen LogP contribution < -0.4 is 15.5 Å². The van der Waals surface area contributed by atoms with Crippen LogP contribution in [0.5, 0.6) is 0 Å². The van der Waals surface area contributed by atoms with E-state index in [0.29, 0.717) is 23.4 Å². The second-order valence-corrected chi connectivity index (χ2v) is 10.5. The van der Waals surface area contributed by atoms with Crippen molar-refractivity contribution in [3.05, 3.63) is 136 Å². The number of non-ortho nitro benzene ring substituents is 1. The van der Waals surface area contributed by atoms with Crippen LogP contribution in [0, 0.1) is 10.1 Å². The van der Waals surface area contributed by atoms with E-state index in [1.807, 2.05) is 41.3 Å². The van der Waals surface area contributed by atoms with E-state index >= 15 is 0 Å². The Morgan fingerprint density at radius 3 is 2.29 bits per heavy atom. The number of benzene rings is 4. The van der Waals surface area contributed by atoms with E-state index in [4.69, 9.17) is 0 Å². The lowest BCUT2D eigenvalue weighted by Gasteiger charge is -2.17. The number of fused-ring (bicyclic) bond motifs is 1. The Morgan fingerprint density at radius 1 is 0.881 bits per heavy atom. The fourth-order valence-corrected chi connectivity index (χ4v) is 5.23. The number of carbonyl (C=O) groups is 3. The molecular weight excluding hydrogens is 552 g/mol. The lowest BCUT2D eigenvalue weighted by molar-refractivity contribution is -0.384. The molecule has 5 rings (SSSR count). The fourth-order valence-electron chi connectivity index (χ4n) is 4.45. The average Bonchev–Trinajstić information content (AvgIpc) is 3.45. The molecule has 42 heavy (non-hydrogen) atoms. The smallest absolute Gasteiger partial charge is 0.272 e. The summed E-state index contributed by atoms with van der Waals surface area (Å²) in [7, 11) is 0. The van der Waals surface area contributed by atoms with E-state index in [-0.39, 0.29) is 23.0 Å². The van der Waals surface area contributed by atoms with Crippen molar-refractivity contribution in [3.8, 4) is 0 Å². The van der Waals surface area contributed by atoms with Crippen LogP contribution in [0.25, 0.3) is 6.08 Å². The molecule has 4 aromatic rings. The van der Waals surface area contributed by atoms with Gasteiger partial charge in [-0.25, -0.2) is 0 Å². The summed E-state index contributed by atoms with van der Waals surface area (Å²) in [5.41, 5.74) is 3.39. The van der Waals surface area contributed by atoms with E-state index < -0.39 is 16.7 Å². The highest BCUT2D eigenvalue weighted by molar-refractivity contribution is 8.00. The summed E-state index contributed by atoms with van der Waals surface area (Å²) in [6, 6.07) is 29.1. The summed E-state index contributed by atoms with van der Waals surface area (Å²) in [5, 5.41) is 16.4. The minimum atomic E-state index is -0.569. The molecule has 0 bridgehead atoms. The maximum Gasteiger partial charge on any atom is 0.272 e. The second-order valence-electron chi connectivity index (χ2n) is 9.42. The number of para-hydroxylation sites is 1. The molecule has 2 N–H and O–H groups in total. The zero-order valence-corrected chi connectivity index (χ0v) is 23.2. The van der Waals surface area contributed by atoms with Crippen LogP contribution in [0.4, 0.5) is 17.1 Å². The highest BCUT2D eigenvalue weighted by Gasteiger charge is 2.24. The number of nitro benzene ring substituents is 1. The largest absolute Gasteiger partial charge is 0.321 e. The molecule has 1 aliphatic rings. The molecule has 0 radical (unpaired) electrons. The van der Waals surface area contributed by atoms with E-state index in [1.54, 1.807) is 42.5 Å². The van der Waals surface area contributed by atoms with Crippen LogP contribution in [0.3, 0.4) is 0 Å². The van der Waals surface area contributed by atoms with Gasteiger partial charge < -0.3 is 15.5 Å². The van der Waals surface area contributed by atoms with Gasteiger partial charge in [0.2, 0.25) is 5.91 Å². The quantitative estimate of drug-likeness (QED) is 0.114. The number of hydrogen-bond donors (Lipinski definition) is 2. The van der Waals surface area contributed by atoms with Crippen LogP contribution in [0.1, 0.15) is 21.5 Å². The number of carbonyl (C=O) groups excluding carboxylic acids is 3. The normalized spacial score (nSPS) is 12.4. The molecule has 4 aromatic carbocycles. The first kappa shape index (κ1) is 28.3. The predicted octanol–water partition coefficient (Wildman–Crippen LogP) is 5.69. The van der Waals surface area contributed by atoms with Gasteiger partial charge in [-0.3, -0.25) is 24.5 Å². The Hall–Kier alpha value is -5.22. The third-order valence-corrected chi connectivity index (χ3v) is 7.60. The molecule has 9 nitrogen and oxygen atoms in total. The fraction of sp³-hybridized carbons (Fsp3) is 0.0938. The first-order chi connectivity index (χ1) is 20.4. The topological polar surface area (TPSA) is 122 Å². The van der Waals surface area contributed by atoms with E-state index in [0.717, 1.165) is 17.0 Å². The van der Waals surface area contributed by atoms with Gasteiger partial charge >= 0.3 is 0 Å². The van der Waals surface area contributed by atoms with Crippen molar-refractivity contribution in [1.82, 2.24) is 5.32 Å².